The molecule has 5 nitrogen and oxygen atoms in total. The van der Waals surface area contributed by atoms with Gasteiger partial charge >= 0.3 is 6.03 Å². The molecule has 1 fully saturated rings. The lowest BCUT2D eigenvalue weighted by Crippen LogP contribution is -2.36. The number of anilines is 1. The van der Waals surface area contributed by atoms with Gasteiger partial charge in [0.25, 0.3) is 5.91 Å². The Labute approximate surface area is 135 Å². The number of benzene rings is 2. The van der Waals surface area contributed by atoms with Crippen molar-refractivity contribution in [1.82, 2.24) is 4.90 Å². The van der Waals surface area contributed by atoms with Crippen molar-refractivity contribution < 1.29 is 14.3 Å². The zero-order chi connectivity index (χ0) is 16.2. The maximum atomic E-state index is 12.4. The summed E-state index contributed by atoms with van der Waals surface area (Å²) in [5, 5.41) is 0. The number of para-hydroxylation sites is 1. The normalized spacial score (nSPS) is 14.5. The minimum Gasteiger partial charge on any atom is -0.492 e. The predicted octanol–water partition coefficient (Wildman–Crippen LogP) is 2.84. The van der Waals surface area contributed by atoms with Crippen LogP contribution in [0.3, 0.4) is 0 Å². The molecule has 3 rings (SSSR count). The van der Waals surface area contributed by atoms with E-state index in [4.69, 9.17) is 4.74 Å². The van der Waals surface area contributed by atoms with Gasteiger partial charge in [-0.05, 0) is 36.8 Å². The molecule has 0 radical (unpaired) electrons. The van der Waals surface area contributed by atoms with Crippen molar-refractivity contribution in [2.45, 2.75) is 6.92 Å². The standard InChI is InChI=1S/C18H18N2O3/c1-14-6-5-9-16(12-14)23-11-10-19-17(21)13-20(18(19)22)15-7-3-2-4-8-15/h2-9,12H,10-11,13H2,1H3. The molecule has 118 valence electrons. The molecule has 5 heteroatoms. The summed E-state index contributed by atoms with van der Waals surface area (Å²) in [5.41, 5.74) is 1.83. The van der Waals surface area contributed by atoms with E-state index in [1.54, 1.807) is 0 Å². The summed E-state index contributed by atoms with van der Waals surface area (Å²) in [6.45, 7) is 2.59. The van der Waals surface area contributed by atoms with Crippen LogP contribution in [0.5, 0.6) is 5.75 Å². The molecule has 0 atom stereocenters. The lowest BCUT2D eigenvalue weighted by molar-refractivity contribution is -0.125. The first-order valence-electron chi connectivity index (χ1n) is 7.51. The van der Waals surface area contributed by atoms with Crippen molar-refractivity contribution in [1.29, 1.82) is 0 Å². The second kappa shape index (κ2) is 6.52. The smallest absolute Gasteiger partial charge is 0.331 e. The van der Waals surface area contributed by atoms with Crippen molar-refractivity contribution >= 4 is 17.6 Å². The molecular weight excluding hydrogens is 292 g/mol. The van der Waals surface area contributed by atoms with E-state index < -0.39 is 0 Å². The van der Waals surface area contributed by atoms with Gasteiger partial charge in [0, 0.05) is 5.69 Å². The lowest BCUT2D eigenvalue weighted by Gasteiger charge is -2.17. The number of urea groups is 1. The Morgan fingerprint density at radius 3 is 2.57 bits per heavy atom. The fourth-order valence-corrected chi connectivity index (χ4v) is 2.53. The number of rotatable bonds is 5. The highest BCUT2D eigenvalue weighted by Crippen LogP contribution is 2.20. The fraction of sp³-hybridized carbons (Fsp3) is 0.222. The Morgan fingerprint density at radius 2 is 1.83 bits per heavy atom. The molecule has 1 heterocycles. The average Bonchev–Trinajstić information content (AvgIpc) is 2.84. The molecule has 3 amide bonds. The summed E-state index contributed by atoms with van der Waals surface area (Å²) in [5.74, 6) is 0.538. The number of imide groups is 1. The zero-order valence-electron chi connectivity index (χ0n) is 12.9. The molecule has 23 heavy (non-hydrogen) atoms. The summed E-state index contributed by atoms with van der Waals surface area (Å²) in [6, 6.07) is 16.6. The van der Waals surface area contributed by atoms with Gasteiger partial charge in [-0.15, -0.1) is 0 Å². The first kappa shape index (κ1) is 15.1. The van der Waals surface area contributed by atoms with E-state index in [9.17, 15) is 9.59 Å². The fourth-order valence-electron chi connectivity index (χ4n) is 2.53. The molecule has 1 saturated heterocycles. The van der Waals surface area contributed by atoms with Gasteiger partial charge in [0.1, 0.15) is 18.9 Å². The Kier molecular flexibility index (Phi) is 4.28. The molecule has 0 N–H and O–H groups in total. The number of hydrogen-bond donors (Lipinski definition) is 0. The molecular formula is C18H18N2O3. The molecule has 2 aromatic rings. The quantitative estimate of drug-likeness (QED) is 0.798. The Hall–Kier alpha value is -2.82. The summed E-state index contributed by atoms with van der Waals surface area (Å²) in [4.78, 5) is 27.2. The first-order chi connectivity index (χ1) is 11.1. The largest absolute Gasteiger partial charge is 0.492 e. The number of ether oxygens (including phenoxy) is 1. The van der Waals surface area contributed by atoms with Crippen molar-refractivity contribution in [3.05, 3.63) is 60.2 Å². The van der Waals surface area contributed by atoms with Gasteiger partial charge < -0.3 is 4.74 Å². The molecule has 0 spiro atoms. The Morgan fingerprint density at radius 1 is 1.04 bits per heavy atom. The molecule has 0 aliphatic carbocycles. The number of carbonyl (C=O) groups is 2. The van der Waals surface area contributed by atoms with E-state index in [1.165, 1.54) is 9.80 Å². The zero-order valence-corrected chi connectivity index (χ0v) is 12.9. The van der Waals surface area contributed by atoms with Gasteiger partial charge in [-0.1, -0.05) is 30.3 Å². The third-order valence-electron chi connectivity index (χ3n) is 3.70. The summed E-state index contributed by atoms with van der Waals surface area (Å²) in [7, 11) is 0. The number of hydrogen-bond acceptors (Lipinski definition) is 3. The van der Waals surface area contributed by atoms with Gasteiger partial charge in [-0.25, -0.2) is 4.79 Å². The summed E-state index contributed by atoms with van der Waals surface area (Å²) in [6.07, 6.45) is 0. The highest BCUT2D eigenvalue weighted by atomic mass is 16.5. The first-order valence-corrected chi connectivity index (χ1v) is 7.51. The summed E-state index contributed by atoms with van der Waals surface area (Å²) >= 11 is 0. The van der Waals surface area contributed by atoms with Gasteiger partial charge in [0.05, 0.1) is 6.54 Å². The van der Waals surface area contributed by atoms with E-state index >= 15 is 0 Å². The van der Waals surface area contributed by atoms with E-state index in [0.717, 1.165) is 17.0 Å². The average molecular weight is 310 g/mol. The molecule has 2 aromatic carbocycles. The molecule has 1 aliphatic heterocycles. The Bertz CT molecular complexity index is 715. The van der Waals surface area contributed by atoms with Crippen LogP contribution in [0.25, 0.3) is 0 Å². The predicted molar refractivity (Wildman–Crippen MR) is 87.6 cm³/mol. The topological polar surface area (TPSA) is 49.9 Å². The molecule has 0 aromatic heterocycles. The van der Waals surface area contributed by atoms with Gasteiger partial charge in [-0.3, -0.25) is 14.6 Å². The van der Waals surface area contributed by atoms with Crippen LogP contribution in [-0.2, 0) is 4.79 Å². The number of nitrogens with zero attached hydrogens (tertiary/aromatic N) is 2. The third-order valence-corrected chi connectivity index (χ3v) is 3.70. The number of amides is 3. The number of aryl methyl sites for hydroxylation is 1. The second-order valence-corrected chi connectivity index (χ2v) is 5.41. The van der Waals surface area contributed by atoms with E-state index in [1.807, 2.05) is 61.5 Å². The summed E-state index contributed by atoms with van der Waals surface area (Å²) < 4.78 is 5.62. The lowest BCUT2D eigenvalue weighted by atomic mass is 10.2. The third kappa shape index (κ3) is 3.34. The minimum atomic E-state index is -0.297. The highest BCUT2D eigenvalue weighted by molar-refractivity contribution is 6.12. The van der Waals surface area contributed by atoms with Crippen LogP contribution in [0.4, 0.5) is 10.5 Å². The Balaban J connectivity index is 1.60. The second-order valence-electron chi connectivity index (χ2n) is 5.41. The molecule has 0 bridgehead atoms. The number of carbonyl (C=O) groups excluding carboxylic acids is 2. The van der Waals surface area contributed by atoms with Crippen LogP contribution in [0.2, 0.25) is 0 Å². The monoisotopic (exact) mass is 310 g/mol. The van der Waals surface area contributed by atoms with Crippen LogP contribution in [0, 0.1) is 6.92 Å². The van der Waals surface area contributed by atoms with E-state index in [0.29, 0.717) is 0 Å². The van der Waals surface area contributed by atoms with Crippen LogP contribution < -0.4 is 9.64 Å². The highest BCUT2D eigenvalue weighted by Gasteiger charge is 2.36. The van der Waals surface area contributed by atoms with E-state index in [2.05, 4.69) is 0 Å². The SMILES string of the molecule is Cc1cccc(OCCN2C(=O)CN(c3ccccc3)C2=O)c1. The van der Waals surface area contributed by atoms with Crippen LogP contribution >= 0.6 is 0 Å². The maximum Gasteiger partial charge on any atom is 0.331 e. The molecule has 0 saturated carbocycles. The van der Waals surface area contributed by atoms with Crippen LogP contribution in [0.15, 0.2) is 54.6 Å². The van der Waals surface area contributed by atoms with E-state index in [-0.39, 0.29) is 31.6 Å². The van der Waals surface area contributed by atoms with Crippen molar-refractivity contribution in [3.8, 4) is 5.75 Å². The van der Waals surface area contributed by atoms with Crippen LogP contribution in [0.1, 0.15) is 5.56 Å². The molecule has 0 unspecified atom stereocenters. The van der Waals surface area contributed by atoms with Crippen molar-refractivity contribution in [2.24, 2.45) is 0 Å². The van der Waals surface area contributed by atoms with Crippen molar-refractivity contribution in [3.63, 3.8) is 0 Å². The van der Waals surface area contributed by atoms with Gasteiger partial charge in [0.15, 0.2) is 0 Å². The molecule has 1 aliphatic rings. The van der Waals surface area contributed by atoms with Gasteiger partial charge in [0.2, 0.25) is 0 Å². The van der Waals surface area contributed by atoms with Gasteiger partial charge in [-0.2, -0.15) is 0 Å². The minimum absolute atomic E-state index is 0.0767. The van der Waals surface area contributed by atoms with Crippen LogP contribution in [-0.4, -0.2) is 36.5 Å². The van der Waals surface area contributed by atoms with Crippen molar-refractivity contribution in [2.75, 3.05) is 24.6 Å². The maximum absolute atomic E-state index is 12.4.